The monoisotopic (exact) mass is 534 g/mol. The summed E-state index contributed by atoms with van der Waals surface area (Å²) in [6, 6.07) is 5.95. The molecule has 2 aromatic carbocycles. The highest BCUT2D eigenvalue weighted by atomic mass is 16.5. The third kappa shape index (κ3) is 5.79. The zero-order valence-corrected chi connectivity index (χ0v) is 23.1. The maximum Gasteiger partial charge on any atom is 0.196 e. The molecule has 2 N–H and O–H groups in total. The first-order valence-corrected chi connectivity index (χ1v) is 12.9. The minimum atomic E-state index is -0.248. The van der Waals surface area contributed by atoms with Gasteiger partial charge in [0.25, 0.3) is 0 Å². The molecule has 1 aliphatic rings. The van der Waals surface area contributed by atoms with E-state index in [2.05, 4.69) is 6.92 Å². The fraction of sp³-hybridized carbons (Fsp3) is 0.355. The zero-order chi connectivity index (χ0) is 28.4. The Morgan fingerprint density at radius 2 is 1.69 bits per heavy atom. The first-order valence-electron chi connectivity index (χ1n) is 12.9. The Labute approximate surface area is 226 Å². The van der Waals surface area contributed by atoms with E-state index >= 15 is 0 Å². The average Bonchev–Trinajstić information content (AvgIpc) is 3.04. The lowest BCUT2D eigenvalue weighted by molar-refractivity contribution is 0.265. The molecule has 1 aliphatic heterocycles. The van der Waals surface area contributed by atoms with Crippen LogP contribution in [0.4, 0.5) is 0 Å². The van der Waals surface area contributed by atoms with E-state index in [1.165, 1.54) is 25.3 Å². The van der Waals surface area contributed by atoms with Gasteiger partial charge in [-0.25, -0.2) is 0 Å². The second-order valence-electron chi connectivity index (χ2n) is 10.2. The van der Waals surface area contributed by atoms with Gasteiger partial charge in [0.2, 0.25) is 0 Å². The molecule has 3 heterocycles. The highest BCUT2D eigenvalue weighted by Crippen LogP contribution is 2.38. The van der Waals surface area contributed by atoms with Gasteiger partial charge in [-0.15, -0.1) is 0 Å². The molecule has 5 rings (SSSR count). The predicted octanol–water partition coefficient (Wildman–Crippen LogP) is 6.09. The molecule has 0 radical (unpaired) electrons. The van der Waals surface area contributed by atoms with Crippen molar-refractivity contribution < 1.29 is 28.5 Å². The number of rotatable bonds is 3. The molecular formula is C31H34O8. The third-order valence-electron chi connectivity index (χ3n) is 6.69. The van der Waals surface area contributed by atoms with E-state index in [1.54, 1.807) is 19.9 Å². The Hall–Kier alpha value is -4.20. The van der Waals surface area contributed by atoms with Crippen molar-refractivity contribution in [1.29, 1.82) is 0 Å². The van der Waals surface area contributed by atoms with Crippen LogP contribution in [0.15, 0.2) is 54.3 Å². The van der Waals surface area contributed by atoms with Crippen LogP contribution in [-0.2, 0) is 12.8 Å². The average molecular weight is 535 g/mol. The molecule has 0 spiro atoms. The van der Waals surface area contributed by atoms with Gasteiger partial charge in [-0.1, -0.05) is 18.6 Å². The number of methoxy groups -OCH3 is 1. The van der Waals surface area contributed by atoms with E-state index in [0.717, 1.165) is 17.6 Å². The number of aromatic hydroxyl groups is 2. The molecule has 8 nitrogen and oxygen atoms in total. The van der Waals surface area contributed by atoms with Crippen LogP contribution in [-0.4, -0.2) is 23.9 Å². The molecule has 0 aliphatic carbocycles. The number of hydrogen-bond acceptors (Lipinski definition) is 8. The standard InChI is InChI=1S/C16H18O4.C15H16O4/c1-9(2)5-6-11-14(19-4)8-13(18)15-12(17)7-10(3)20-16(11)15;1-8-3-4-10-12(18-7-8)6-13-14(15(10)17)11(16)5-9(2)19-13/h5,7-8,18H,6H2,1-4H3;5-6,8,17H,3-4,7H2,1-2H3. The van der Waals surface area contributed by atoms with Gasteiger partial charge in [-0.3, -0.25) is 9.59 Å². The van der Waals surface area contributed by atoms with E-state index in [4.69, 9.17) is 18.3 Å². The summed E-state index contributed by atoms with van der Waals surface area (Å²) in [5, 5.41) is 20.8. The van der Waals surface area contributed by atoms with Crippen molar-refractivity contribution in [1.82, 2.24) is 0 Å². The van der Waals surface area contributed by atoms with Gasteiger partial charge in [0.15, 0.2) is 10.9 Å². The second kappa shape index (κ2) is 11.3. The number of phenols is 2. The third-order valence-corrected chi connectivity index (χ3v) is 6.69. The molecule has 39 heavy (non-hydrogen) atoms. The van der Waals surface area contributed by atoms with Gasteiger partial charge in [0.05, 0.1) is 13.7 Å². The van der Waals surface area contributed by atoms with Crippen LogP contribution >= 0.6 is 0 Å². The predicted molar refractivity (Wildman–Crippen MR) is 150 cm³/mol. The SMILES string of the molecule is COc1cc(O)c2c(=O)cc(C)oc2c1CC=C(C)C.Cc1cc(=O)c2c(O)c3c(cc2o1)OCC(C)CC3. The van der Waals surface area contributed by atoms with Crippen molar-refractivity contribution in [2.45, 2.75) is 53.9 Å². The van der Waals surface area contributed by atoms with E-state index < -0.39 is 0 Å². The van der Waals surface area contributed by atoms with E-state index in [9.17, 15) is 19.8 Å². The number of allylic oxidation sites excluding steroid dienone is 2. The summed E-state index contributed by atoms with van der Waals surface area (Å²) in [6.07, 6.45) is 4.25. The Balaban J connectivity index is 0.000000181. The Kier molecular flexibility index (Phi) is 8.04. The smallest absolute Gasteiger partial charge is 0.196 e. The van der Waals surface area contributed by atoms with E-state index in [-0.39, 0.29) is 33.1 Å². The first-order chi connectivity index (χ1) is 18.5. The molecule has 1 unspecified atom stereocenters. The summed E-state index contributed by atoms with van der Waals surface area (Å²) in [7, 11) is 1.53. The minimum absolute atomic E-state index is 0.00958. The van der Waals surface area contributed by atoms with Gasteiger partial charge in [-0.05, 0) is 52.9 Å². The minimum Gasteiger partial charge on any atom is -0.507 e. The van der Waals surface area contributed by atoms with Gasteiger partial charge >= 0.3 is 0 Å². The van der Waals surface area contributed by atoms with Crippen molar-refractivity contribution in [2.24, 2.45) is 5.92 Å². The van der Waals surface area contributed by atoms with E-state index in [1.807, 2.05) is 19.9 Å². The highest BCUT2D eigenvalue weighted by Gasteiger charge is 2.22. The quantitative estimate of drug-likeness (QED) is 0.303. The van der Waals surface area contributed by atoms with Crippen LogP contribution < -0.4 is 20.3 Å². The summed E-state index contributed by atoms with van der Waals surface area (Å²) < 4.78 is 22.2. The first kappa shape index (κ1) is 27.8. The molecule has 2 aromatic heterocycles. The fourth-order valence-electron chi connectivity index (χ4n) is 4.66. The van der Waals surface area contributed by atoms with Crippen LogP contribution in [0.3, 0.4) is 0 Å². The fourth-order valence-corrected chi connectivity index (χ4v) is 4.66. The lowest BCUT2D eigenvalue weighted by Crippen LogP contribution is -2.05. The molecule has 0 amide bonds. The Bertz CT molecular complexity index is 1690. The summed E-state index contributed by atoms with van der Waals surface area (Å²) in [5.74, 6) is 2.50. The summed E-state index contributed by atoms with van der Waals surface area (Å²) in [5.41, 5.74) is 2.96. The number of aryl methyl sites for hydroxylation is 2. The van der Waals surface area contributed by atoms with Crippen LogP contribution in [0, 0.1) is 19.8 Å². The topological polar surface area (TPSA) is 119 Å². The van der Waals surface area contributed by atoms with Gasteiger partial charge in [0.1, 0.15) is 56.5 Å². The van der Waals surface area contributed by atoms with E-state index in [0.29, 0.717) is 65.1 Å². The normalized spacial score (nSPS) is 14.6. The van der Waals surface area contributed by atoms with Crippen LogP contribution in [0.1, 0.15) is 49.8 Å². The number of fused-ring (bicyclic) bond motifs is 3. The van der Waals surface area contributed by atoms with Crippen LogP contribution in [0.2, 0.25) is 0 Å². The van der Waals surface area contributed by atoms with Crippen molar-refractivity contribution in [3.05, 3.63) is 79.0 Å². The second-order valence-corrected chi connectivity index (χ2v) is 10.2. The molecule has 0 saturated carbocycles. The molecule has 1 atom stereocenters. The molecule has 8 heteroatoms. The molecule has 4 aromatic rings. The van der Waals surface area contributed by atoms with Crippen molar-refractivity contribution in [3.8, 4) is 23.0 Å². The number of hydrogen-bond donors (Lipinski definition) is 2. The summed E-state index contributed by atoms with van der Waals surface area (Å²) >= 11 is 0. The molecule has 0 fully saturated rings. The summed E-state index contributed by atoms with van der Waals surface area (Å²) in [6.45, 7) is 10.1. The largest absolute Gasteiger partial charge is 0.507 e. The molecule has 206 valence electrons. The molecule has 0 saturated heterocycles. The lowest BCUT2D eigenvalue weighted by atomic mass is 10.00. The summed E-state index contributed by atoms with van der Waals surface area (Å²) in [4.78, 5) is 24.0. The number of phenolic OH excluding ortho intramolecular Hbond substituents is 2. The number of ether oxygens (including phenoxy) is 2. The van der Waals surface area contributed by atoms with Crippen LogP contribution in [0.5, 0.6) is 23.0 Å². The van der Waals surface area contributed by atoms with Gasteiger partial charge in [0, 0.05) is 35.4 Å². The lowest BCUT2D eigenvalue weighted by Gasteiger charge is -2.11. The number of benzene rings is 2. The van der Waals surface area contributed by atoms with Crippen molar-refractivity contribution in [2.75, 3.05) is 13.7 Å². The zero-order valence-electron chi connectivity index (χ0n) is 23.1. The van der Waals surface area contributed by atoms with Crippen molar-refractivity contribution in [3.63, 3.8) is 0 Å². The maximum atomic E-state index is 12.0. The Morgan fingerprint density at radius 1 is 1.03 bits per heavy atom. The van der Waals surface area contributed by atoms with Gasteiger partial charge in [-0.2, -0.15) is 0 Å². The molecule has 0 bridgehead atoms. The van der Waals surface area contributed by atoms with Crippen molar-refractivity contribution >= 4 is 21.9 Å². The highest BCUT2D eigenvalue weighted by molar-refractivity contribution is 5.88. The van der Waals surface area contributed by atoms with Crippen LogP contribution in [0.25, 0.3) is 21.9 Å². The maximum absolute atomic E-state index is 12.0. The molecular weight excluding hydrogens is 500 g/mol. The van der Waals surface area contributed by atoms with Gasteiger partial charge < -0.3 is 28.5 Å². The Morgan fingerprint density at radius 3 is 2.36 bits per heavy atom.